The molecule has 0 aromatic heterocycles. The average Bonchev–Trinajstić information content (AvgIpc) is 2.75. The van der Waals surface area contributed by atoms with Crippen LogP contribution in [0.1, 0.15) is 12.8 Å². The number of rotatable bonds is 10. The molecule has 1 atom stereocenters. The lowest BCUT2D eigenvalue weighted by Gasteiger charge is -2.30. The standard InChI is InChI=1S/C17H27NOSi/c1-5-10-20(11-6-2,12-7-3)14-15(4)13-16-8-9-18-17(16)19/h5-7,16H,1-4,8-14H2,(H,18,19). The van der Waals surface area contributed by atoms with Crippen LogP contribution >= 0.6 is 0 Å². The maximum absolute atomic E-state index is 11.7. The van der Waals surface area contributed by atoms with Gasteiger partial charge in [-0.15, -0.1) is 26.3 Å². The first-order chi connectivity index (χ1) is 9.56. The summed E-state index contributed by atoms with van der Waals surface area (Å²) >= 11 is 0. The van der Waals surface area contributed by atoms with Gasteiger partial charge in [-0.25, -0.2) is 0 Å². The molecule has 1 amide bonds. The molecule has 1 heterocycles. The van der Waals surface area contributed by atoms with E-state index in [1.54, 1.807) is 0 Å². The average molecular weight is 289 g/mol. The fourth-order valence-electron chi connectivity index (χ4n) is 3.18. The van der Waals surface area contributed by atoms with Crippen molar-refractivity contribution < 1.29 is 4.79 Å². The molecule has 0 saturated carbocycles. The number of hydrogen-bond donors (Lipinski definition) is 1. The van der Waals surface area contributed by atoms with Gasteiger partial charge in [0.2, 0.25) is 5.91 Å². The Bertz CT molecular complexity index is 373. The summed E-state index contributed by atoms with van der Waals surface area (Å²) in [6, 6.07) is 4.21. The van der Waals surface area contributed by atoms with Gasteiger partial charge in [0.15, 0.2) is 0 Å². The van der Waals surface area contributed by atoms with Crippen LogP contribution in [0.25, 0.3) is 0 Å². The molecule has 0 aliphatic carbocycles. The Morgan fingerprint density at radius 2 is 1.75 bits per heavy atom. The summed E-state index contributed by atoms with van der Waals surface area (Å²) in [5.74, 6) is 0.319. The maximum Gasteiger partial charge on any atom is 0.223 e. The van der Waals surface area contributed by atoms with Gasteiger partial charge in [-0.3, -0.25) is 4.79 Å². The molecule has 0 aromatic rings. The van der Waals surface area contributed by atoms with Crippen LogP contribution in [0.4, 0.5) is 0 Å². The summed E-state index contributed by atoms with van der Waals surface area (Å²) in [6.07, 6.45) is 7.83. The van der Waals surface area contributed by atoms with Crippen LogP contribution in [0.3, 0.4) is 0 Å². The number of carbonyl (C=O) groups is 1. The Balaban J connectivity index is 2.69. The monoisotopic (exact) mass is 289 g/mol. The molecule has 1 unspecified atom stereocenters. The van der Waals surface area contributed by atoms with Gasteiger partial charge in [0.05, 0.1) is 8.07 Å². The minimum atomic E-state index is -1.54. The summed E-state index contributed by atoms with van der Waals surface area (Å²) in [4.78, 5) is 11.7. The zero-order valence-electron chi connectivity index (χ0n) is 12.5. The van der Waals surface area contributed by atoms with Gasteiger partial charge in [0, 0.05) is 12.5 Å². The summed E-state index contributed by atoms with van der Waals surface area (Å²) in [6.45, 7) is 16.8. The normalized spacial score (nSPS) is 18.4. The van der Waals surface area contributed by atoms with Crippen molar-refractivity contribution >= 4 is 14.0 Å². The Hall–Kier alpha value is -1.35. The molecule has 110 valence electrons. The fraction of sp³-hybridized carbons (Fsp3) is 0.471. The third-order valence-corrected chi connectivity index (χ3v) is 8.77. The molecule has 1 N–H and O–H groups in total. The third-order valence-electron chi connectivity index (χ3n) is 4.05. The predicted molar refractivity (Wildman–Crippen MR) is 90.4 cm³/mol. The molecule has 20 heavy (non-hydrogen) atoms. The lowest BCUT2D eigenvalue weighted by Crippen LogP contribution is -2.33. The molecule has 1 aliphatic rings. The molecular weight excluding hydrogens is 262 g/mol. The second kappa shape index (κ2) is 8.05. The van der Waals surface area contributed by atoms with Crippen molar-refractivity contribution in [3.05, 3.63) is 50.1 Å². The van der Waals surface area contributed by atoms with Crippen molar-refractivity contribution in [3.63, 3.8) is 0 Å². The highest BCUT2D eigenvalue weighted by atomic mass is 28.3. The lowest BCUT2D eigenvalue weighted by atomic mass is 10.00. The van der Waals surface area contributed by atoms with Gasteiger partial charge < -0.3 is 5.32 Å². The van der Waals surface area contributed by atoms with Crippen molar-refractivity contribution in [1.82, 2.24) is 5.32 Å². The number of allylic oxidation sites excluding steroid dienone is 4. The SMILES string of the molecule is C=CC[Si](CC=C)(CC=C)CC(=C)CC1CCNC1=O. The van der Waals surface area contributed by atoms with E-state index in [-0.39, 0.29) is 11.8 Å². The molecule has 0 aromatic carbocycles. The Labute approximate surface area is 124 Å². The topological polar surface area (TPSA) is 29.1 Å². The first kappa shape index (κ1) is 16.7. The summed E-state index contributed by atoms with van der Waals surface area (Å²) in [7, 11) is -1.54. The zero-order chi connectivity index (χ0) is 15.0. The molecule has 0 bridgehead atoms. The van der Waals surface area contributed by atoms with Crippen molar-refractivity contribution in [3.8, 4) is 0 Å². The third kappa shape index (κ3) is 4.64. The number of carbonyl (C=O) groups excluding carboxylic acids is 1. The minimum absolute atomic E-state index is 0.130. The van der Waals surface area contributed by atoms with E-state index in [2.05, 4.69) is 31.6 Å². The van der Waals surface area contributed by atoms with Crippen LogP contribution < -0.4 is 5.32 Å². The highest BCUT2D eigenvalue weighted by Gasteiger charge is 2.31. The lowest BCUT2D eigenvalue weighted by molar-refractivity contribution is -0.122. The molecule has 1 fully saturated rings. The second-order valence-corrected chi connectivity index (χ2v) is 10.5. The first-order valence-corrected chi connectivity index (χ1v) is 10.2. The highest BCUT2D eigenvalue weighted by molar-refractivity contribution is 6.81. The van der Waals surface area contributed by atoms with E-state index in [0.717, 1.165) is 43.6 Å². The molecule has 1 rings (SSSR count). The van der Waals surface area contributed by atoms with Gasteiger partial charge in [-0.1, -0.05) is 23.8 Å². The molecule has 2 nitrogen and oxygen atoms in total. The smallest absolute Gasteiger partial charge is 0.223 e. The van der Waals surface area contributed by atoms with Crippen molar-refractivity contribution in [2.45, 2.75) is 37.0 Å². The molecule has 1 aliphatic heterocycles. The molecular formula is C17H27NOSi. The Morgan fingerprint density at radius 3 is 2.15 bits per heavy atom. The summed E-state index contributed by atoms with van der Waals surface area (Å²) in [5.41, 5.74) is 1.21. The van der Waals surface area contributed by atoms with Crippen LogP contribution in [0.2, 0.25) is 24.2 Å². The van der Waals surface area contributed by atoms with E-state index >= 15 is 0 Å². The van der Waals surface area contributed by atoms with Gasteiger partial charge in [0.1, 0.15) is 0 Å². The van der Waals surface area contributed by atoms with Crippen LogP contribution in [-0.2, 0) is 4.79 Å². The molecule has 1 saturated heterocycles. The van der Waals surface area contributed by atoms with Gasteiger partial charge in [-0.05, 0) is 37.0 Å². The molecule has 0 spiro atoms. The van der Waals surface area contributed by atoms with Gasteiger partial charge >= 0.3 is 0 Å². The quantitative estimate of drug-likeness (QED) is 0.476. The predicted octanol–water partition coefficient (Wildman–Crippen LogP) is 4.08. The zero-order valence-corrected chi connectivity index (χ0v) is 13.5. The Kier molecular flexibility index (Phi) is 6.72. The van der Waals surface area contributed by atoms with Gasteiger partial charge in [-0.2, -0.15) is 0 Å². The van der Waals surface area contributed by atoms with E-state index in [1.807, 2.05) is 18.2 Å². The fourth-order valence-corrected chi connectivity index (χ4v) is 7.15. The number of hydrogen-bond acceptors (Lipinski definition) is 1. The number of amides is 1. The van der Waals surface area contributed by atoms with E-state index in [0.29, 0.717) is 0 Å². The van der Waals surface area contributed by atoms with E-state index in [4.69, 9.17) is 0 Å². The van der Waals surface area contributed by atoms with Crippen molar-refractivity contribution in [2.24, 2.45) is 5.92 Å². The maximum atomic E-state index is 11.7. The molecule has 3 heteroatoms. The Morgan fingerprint density at radius 1 is 1.20 bits per heavy atom. The van der Waals surface area contributed by atoms with Crippen LogP contribution in [0.5, 0.6) is 0 Å². The van der Waals surface area contributed by atoms with E-state index in [9.17, 15) is 4.79 Å². The largest absolute Gasteiger partial charge is 0.356 e. The van der Waals surface area contributed by atoms with Crippen LogP contribution in [0, 0.1) is 5.92 Å². The second-order valence-electron chi connectivity index (χ2n) is 5.89. The molecule has 0 radical (unpaired) electrons. The highest BCUT2D eigenvalue weighted by Crippen LogP contribution is 2.33. The van der Waals surface area contributed by atoms with Crippen molar-refractivity contribution in [1.29, 1.82) is 0 Å². The van der Waals surface area contributed by atoms with Crippen LogP contribution in [0.15, 0.2) is 50.1 Å². The minimum Gasteiger partial charge on any atom is -0.356 e. The van der Waals surface area contributed by atoms with Crippen LogP contribution in [-0.4, -0.2) is 20.5 Å². The number of nitrogens with one attached hydrogen (secondary N) is 1. The van der Waals surface area contributed by atoms with E-state index in [1.165, 1.54) is 5.57 Å². The van der Waals surface area contributed by atoms with Crippen molar-refractivity contribution in [2.75, 3.05) is 6.54 Å². The summed E-state index contributed by atoms with van der Waals surface area (Å²) < 4.78 is 0. The van der Waals surface area contributed by atoms with E-state index < -0.39 is 8.07 Å². The summed E-state index contributed by atoms with van der Waals surface area (Å²) in [5, 5.41) is 2.90. The first-order valence-electron chi connectivity index (χ1n) is 7.34. The van der Waals surface area contributed by atoms with Gasteiger partial charge in [0.25, 0.3) is 0 Å².